The molecule has 1 radical (unpaired) electrons. The second-order valence-electron chi connectivity index (χ2n) is 3.45. The molecule has 2 rings (SSSR count). The summed E-state index contributed by atoms with van der Waals surface area (Å²) in [6.07, 6.45) is 5.02. The first kappa shape index (κ1) is 10.6. The zero-order chi connectivity index (χ0) is 11.4. The Morgan fingerprint density at radius 2 is 2.00 bits per heavy atom. The summed E-state index contributed by atoms with van der Waals surface area (Å²) in [5.41, 5.74) is 2.37. The molecule has 0 spiro atoms. The minimum atomic E-state index is 0.0679. The number of hydrogen-bond acceptors (Lipinski definition) is 3. The standard InChI is InChI=1S/C13H12NO2/c15-8-6-10-5-7-14-9-12(10)11-3-1-2-4-13(11)16/h1-5,7,15-16H,6,8H2. The lowest BCUT2D eigenvalue weighted by Crippen LogP contribution is -1.95. The van der Waals surface area contributed by atoms with Crippen LogP contribution in [0.25, 0.3) is 11.1 Å². The van der Waals surface area contributed by atoms with Crippen molar-refractivity contribution in [1.29, 1.82) is 0 Å². The number of aliphatic hydroxyl groups excluding tert-OH is 1. The third-order valence-electron chi connectivity index (χ3n) is 2.40. The number of aliphatic hydroxyl groups is 1. The van der Waals surface area contributed by atoms with Crippen molar-refractivity contribution >= 4 is 0 Å². The maximum atomic E-state index is 9.75. The normalized spacial score (nSPS) is 10.3. The van der Waals surface area contributed by atoms with Gasteiger partial charge in [0.2, 0.25) is 0 Å². The highest BCUT2D eigenvalue weighted by Gasteiger charge is 2.08. The monoisotopic (exact) mass is 214 g/mol. The van der Waals surface area contributed by atoms with Crippen LogP contribution < -0.4 is 0 Å². The Labute approximate surface area is 94.0 Å². The minimum absolute atomic E-state index is 0.0679. The Hall–Kier alpha value is -1.87. The van der Waals surface area contributed by atoms with Gasteiger partial charge in [0, 0.05) is 23.9 Å². The summed E-state index contributed by atoms with van der Waals surface area (Å²) in [6, 6.07) is 8.87. The summed E-state index contributed by atoms with van der Waals surface area (Å²) >= 11 is 0. The fourth-order valence-electron chi connectivity index (χ4n) is 1.63. The van der Waals surface area contributed by atoms with Crippen LogP contribution in [0.2, 0.25) is 0 Å². The molecule has 0 aliphatic rings. The zero-order valence-corrected chi connectivity index (χ0v) is 8.72. The highest BCUT2D eigenvalue weighted by Crippen LogP contribution is 2.30. The van der Waals surface area contributed by atoms with Crippen molar-refractivity contribution in [3.05, 3.63) is 48.3 Å². The Morgan fingerprint density at radius 1 is 1.19 bits per heavy atom. The van der Waals surface area contributed by atoms with Gasteiger partial charge in [0.05, 0.1) is 6.20 Å². The first-order valence-electron chi connectivity index (χ1n) is 5.07. The van der Waals surface area contributed by atoms with Crippen LogP contribution in [0.15, 0.2) is 36.5 Å². The maximum absolute atomic E-state index is 9.75. The summed E-state index contributed by atoms with van der Waals surface area (Å²) < 4.78 is 0. The first-order valence-corrected chi connectivity index (χ1v) is 5.07. The Balaban J connectivity index is 2.51. The number of phenolic OH excluding ortho intramolecular Hbond substituents is 1. The van der Waals surface area contributed by atoms with Crippen LogP contribution in [0.4, 0.5) is 0 Å². The minimum Gasteiger partial charge on any atom is -0.507 e. The Morgan fingerprint density at radius 3 is 2.75 bits per heavy atom. The fourth-order valence-corrected chi connectivity index (χ4v) is 1.63. The lowest BCUT2D eigenvalue weighted by Gasteiger charge is -2.08. The third kappa shape index (κ3) is 2.04. The third-order valence-corrected chi connectivity index (χ3v) is 2.40. The van der Waals surface area contributed by atoms with Crippen molar-refractivity contribution in [2.24, 2.45) is 0 Å². The average molecular weight is 214 g/mol. The van der Waals surface area contributed by atoms with Crippen LogP contribution in [0.5, 0.6) is 5.75 Å². The molecule has 1 aromatic heterocycles. The molecule has 2 N–H and O–H groups in total. The molecule has 1 heterocycles. The van der Waals surface area contributed by atoms with Gasteiger partial charge in [-0.2, -0.15) is 0 Å². The van der Waals surface area contributed by atoms with Gasteiger partial charge in [-0.25, -0.2) is 0 Å². The van der Waals surface area contributed by atoms with Crippen LogP contribution in [0.1, 0.15) is 5.56 Å². The van der Waals surface area contributed by atoms with Gasteiger partial charge in [0.25, 0.3) is 0 Å². The van der Waals surface area contributed by atoms with E-state index < -0.39 is 0 Å². The second-order valence-corrected chi connectivity index (χ2v) is 3.45. The van der Waals surface area contributed by atoms with E-state index in [1.165, 1.54) is 0 Å². The molecule has 0 bridgehead atoms. The molecule has 3 heteroatoms. The molecule has 0 atom stereocenters. The van der Waals surface area contributed by atoms with E-state index in [9.17, 15) is 5.11 Å². The van der Waals surface area contributed by atoms with Crippen molar-refractivity contribution in [3.8, 4) is 16.9 Å². The zero-order valence-electron chi connectivity index (χ0n) is 8.72. The van der Waals surface area contributed by atoms with E-state index in [0.717, 1.165) is 11.1 Å². The van der Waals surface area contributed by atoms with Crippen molar-refractivity contribution in [2.75, 3.05) is 6.61 Å². The summed E-state index contributed by atoms with van der Waals surface area (Å²) in [5.74, 6) is 0.200. The van der Waals surface area contributed by atoms with E-state index in [0.29, 0.717) is 12.0 Å². The second kappa shape index (κ2) is 4.77. The molecular formula is C13H12NO2. The molecule has 0 aliphatic heterocycles. The number of aromatic nitrogens is 1. The molecule has 0 saturated heterocycles. The van der Waals surface area contributed by atoms with Crippen LogP contribution in [-0.2, 0) is 6.42 Å². The van der Waals surface area contributed by atoms with Crippen LogP contribution >= 0.6 is 0 Å². The molecule has 3 nitrogen and oxygen atoms in total. The molecule has 81 valence electrons. The molecule has 0 fully saturated rings. The topological polar surface area (TPSA) is 53.4 Å². The van der Waals surface area contributed by atoms with Gasteiger partial charge in [-0.3, -0.25) is 4.98 Å². The van der Waals surface area contributed by atoms with Gasteiger partial charge in [0.15, 0.2) is 0 Å². The van der Waals surface area contributed by atoms with Crippen LogP contribution in [0, 0.1) is 6.20 Å². The van der Waals surface area contributed by atoms with Gasteiger partial charge in [-0.05, 0) is 24.1 Å². The lowest BCUT2D eigenvalue weighted by atomic mass is 9.99. The van der Waals surface area contributed by atoms with Crippen LogP contribution in [-0.4, -0.2) is 21.8 Å². The number of para-hydroxylation sites is 1. The molecule has 0 aliphatic carbocycles. The average Bonchev–Trinajstić information content (AvgIpc) is 2.31. The highest BCUT2D eigenvalue weighted by atomic mass is 16.3. The lowest BCUT2D eigenvalue weighted by molar-refractivity contribution is 0.299. The molecule has 0 amide bonds. The number of aromatic hydroxyl groups is 1. The maximum Gasteiger partial charge on any atom is 0.123 e. The van der Waals surface area contributed by atoms with E-state index in [-0.39, 0.29) is 12.4 Å². The van der Waals surface area contributed by atoms with Gasteiger partial charge in [-0.1, -0.05) is 18.2 Å². The number of benzene rings is 1. The van der Waals surface area contributed by atoms with E-state index >= 15 is 0 Å². The van der Waals surface area contributed by atoms with Gasteiger partial charge in [-0.15, -0.1) is 0 Å². The number of rotatable bonds is 3. The van der Waals surface area contributed by atoms with Gasteiger partial charge >= 0.3 is 0 Å². The predicted octanol–water partition coefficient (Wildman–Crippen LogP) is 1.79. The molecular weight excluding hydrogens is 202 g/mol. The number of pyridine rings is 1. The number of nitrogens with zero attached hydrogens (tertiary/aromatic N) is 1. The molecule has 0 saturated carbocycles. The summed E-state index contributed by atoms with van der Waals surface area (Å²) in [7, 11) is 0. The summed E-state index contributed by atoms with van der Waals surface area (Å²) in [6.45, 7) is 0.0679. The van der Waals surface area contributed by atoms with Crippen molar-refractivity contribution in [3.63, 3.8) is 0 Å². The van der Waals surface area contributed by atoms with Crippen molar-refractivity contribution in [1.82, 2.24) is 4.98 Å². The Kier molecular flexibility index (Phi) is 3.17. The largest absolute Gasteiger partial charge is 0.507 e. The van der Waals surface area contributed by atoms with Gasteiger partial charge in [0.1, 0.15) is 5.75 Å². The van der Waals surface area contributed by atoms with Crippen molar-refractivity contribution in [2.45, 2.75) is 6.42 Å². The molecule has 1 aromatic carbocycles. The SMILES string of the molecule is OCCc1ccn[c]c1-c1ccccc1O. The number of hydrogen-bond donors (Lipinski definition) is 2. The summed E-state index contributed by atoms with van der Waals surface area (Å²) in [4.78, 5) is 3.93. The number of phenols is 1. The smallest absolute Gasteiger partial charge is 0.123 e. The fraction of sp³-hybridized carbons (Fsp3) is 0.154. The van der Waals surface area contributed by atoms with E-state index in [4.69, 9.17) is 5.11 Å². The first-order chi connectivity index (χ1) is 7.83. The molecule has 16 heavy (non-hydrogen) atoms. The quantitative estimate of drug-likeness (QED) is 0.819. The van der Waals surface area contributed by atoms with Crippen LogP contribution in [0.3, 0.4) is 0 Å². The van der Waals surface area contributed by atoms with E-state index in [1.54, 1.807) is 18.3 Å². The predicted molar refractivity (Wildman–Crippen MR) is 61.0 cm³/mol. The van der Waals surface area contributed by atoms with E-state index in [2.05, 4.69) is 11.2 Å². The molecule has 2 aromatic rings. The van der Waals surface area contributed by atoms with Gasteiger partial charge < -0.3 is 10.2 Å². The van der Waals surface area contributed by atoms with E-state index in [1.807, 2.05) is 18.2 Å². The Bertz CT molecular complexity index is 483. The molecule has 0 unspecified atom stereocenters. The highest BCUT2D eigenvalue weighted by molar-refractivity contribution is 5.71. The summed E-state index contributed by atoms with van der Waals surface area (Å²) in [5, 5.41) is 18.7. The van der Waals surface area contributed by atoms with Crippen molar-refractivity contribution < 1.29 is 10.2 Å².